The number of halogens is 3. The second-order valence-corrected chi connectivity index (χ2v) is 6.66. The van der Waals surface area contributed by atoms with Gasteiger partial charge in [-0.25, -0.2) is 8.42 Å². The van der Waals surface area contributed by atoms with E-state index in [1.807, 2.05) is 0 Å². The number of ether oxygens (including phenoxy) is 1. The lowest BCUT2D eigenvalue weighted by Crippen LogP contribution is -2.17. The molecule has 0 amide bonds. The third-order valence-corrected chi connectivity index (χ3v) is 4.85. The molecule has 0 fully saturated rings. The number of alkyl halides is 3. The second kappa shape index (κ2) is 5.31. The molecule has 0 radical (unpaired) electrons. The number of H-pyrrole nitrogens is 1. The van der Waals surface area contributed by atoms with Crippen LogP contribution in [-0.2, 0) is 9.84 Å². The molecule has 0 aliphatic heterocycles. The van der Waals surface area contributed by atoms with Crippen LogP contribution in [0.3, 0.4) is 0 Å². The van der Waals surface area contributed by atoms with Crippen LogP contribution in [0.2, 0.25) is 0 Å². The van der Waals surface area contributed by atoms with E-state index in [1.54, 1.807) is 24.3 Å². The Morgan fingerprint density at radius 2 is 1.61 bits per heavy atom. The van der Waals surface area contributed by atoms with Crippen LogP contribution in [0.1, 0.15) is 0 Å². The molecule has 0 saturated carbocycles. The highest BCUT2D eigenvalue weighted by Gasteiger charge is 2.31. The quantitative estimate of drug-likeness (QED) is 0.786. The summed E-state index contributed by atoms with van der Waals surface area (Å²) in [5.41, 5.74) is 0.656. The molecule has 120 valence electrons. The predicted octanol–water partition coefficient (Wildman–Crippen LogP) is 3.90. The van der Waals surface area contributed by atoms with E-state index in [0.29, 0.717) is 5.52 Å². The van der Waals surface area contributed by atoms with Crippen LogP contribution in [0.5, 0.6) is 5.75 Å². The van der Waals surface area contributed by atoms with Crippen LogP contribution in [0.15, 0.2) is 64.5 Å². The van der Waals surface area contributed by atoms with Gasteiger partial charge in [0, 0.05) is 10.9 Å². The topological polar surface area (TPSA) is 59.2 Å². The normalized spacial score (nSPS) is 12.5. The maximum absolute atomic E-state index is 12.5. The molecule has 23 heavy (non-hydrogen) atoms. The fourth-order valence-electron chi connectivity index (χ4n) is 2.14. The number of aromatic nitrogens is 1. The summed E-state index contributed by atoms with van der Waals surface area (Å²) in [7, 11) is -3.85. The summed E-state index contributed by atoms with van der Waals surface area (Å²) < 4.78 is 65.1. The SMILES string of the molecule is O=S(=O)(c1ccc(OC(F)(F)F)cc1)c1cc2ccccc2[nH]1. The van der Waals surface area contributed by atoms with Crippen LogP contribution < -0.4 is 4.74 Å². The van der Waals surface area contributed by atoms with Crippen LogP contribution in [0.4, 0.5) is 13.2 Å². The molecule has 3 rings (SSSR count). The van der Waals surface area contributed by atoms with Crippen molar-refractivity contribution in [1.82, 2.24) is 4.98 Å². The van der Waals surface area contributed by atoms with Gasteiger partial charge in [0.1, 0.15) is 10.8 Å². The van der Waals surface area contributed by atoms with E-state index in [0.717, 1.165) is 29.7 Å². The molecular formula is C15H10F3NO3S. The number of fused-ring (bicyclic) bond motifs is 1. The molecule has 1 aromatic heterocycles. The van der Waals surface area contributed by atoms with Gasteiger partial charge in [-0.15, -0.1) is 13.2 Å². The van der Waals surface area contributed by atoms with Crippen molar-refractivity contribution >= 4 is 20.7 Å². The molecular weight excluding hydrogens is 331 g/mol. The highest BCUT2D eigenvalue weighted by atomic mass is 32.2. The highest BCUT2D eigenvalue weighted by molar-refractivity contribution is 7.91. The first-order chi connectivity index (χ1) is 10.8. The Kier molecular flexibility index (Phi) is 3.56. The van der Waals surface area contributed by atoms with Crippen molar-refractivity contribution < 1.29 is 26.3 Å². The third kappa shape index (κ3) is 3.16. The Balaban J connectivity index is 1.96. The molecule has 0 unspecified atom stereocenters. The fourth-order valence-corrected chi connectivity index (χ4v) is 3.41. The lowest BCUT2D eigenvalue weighted by molar-refractivity contribution is -0.274. The summed E-state index contributed by atoms with van der Waals surface area (Å²) >= 11 is 0. The summed E-state index contributed by atoms with van der Waals surface area (Å²) in [6.07, 6.45) is -4.82. The van der Waals surface area contributed by atoms with Crippen molar-refractivity contribution in [3.63, 3.8) is 0 Å². The maximum Gasteiger partial charge on any atom is 0.573 e. The van der Waals surface area contributed by atoms with Crippen LogP contribution in [-0.4, -0.2) is 19.8 Å². The zero-order valence-corrected chi connectivity index (χ0v) is 12.3. The lowest BCUT2D eigenvalue weighted by atomic mass is 10.3. The molecule has 3 aromatic rings. The zero-order chi connectivity index (χ0) is 16.7. The van der Waals surface area contributed by atoms with Crippen LogP contribution in [0.25, 0.3) is 10.9 Å². The number of rotatable bonds is 3. The van der Waals surface area contributed by atoms with Gasteiger partial charge in [0.25, 0.3) is 0 Å². The number of hydrogen-bond donors (Lipinski definition) is 1. The molecule has 2 aromatic carbocycles. The van der Waals surface area contributed by atoms with E-state index < -0.39 is 21.9 Å². The van der Waals surface area contributed by atoms with Gasteiger partial charge in [-0.2, -0.15) is 0 Å². The Morgan fingerprint density at radius 3 is 2.22 bits per heavy atom. The predicted molar refractivity (Wildman–Crippen MR) is 76.9 cm³/mol. The van der Waals surface area contributed by atoms with Gasteiger partial charge in [-0.1, -0.05) is 18.2 Å². The van der Waals surface area contributed by atoms with Crippen molar-refractivity contribution in [3.05, 3.63) is 54.6 Å². The van der Waals surface area contributed by atoms with E-state index in [1.165, 1.54) is 6.07 Å². The fraction of sp³-hybridized carbons (Fsp3) is 0.0667. The second-order valence-electron chi connectivity index (χ2n) is 4.74. The van der Waals surface area contributed by atoms with Gasteiger partial charge in [-0.05, 0) is 36.4 Å². The summed E-state index contributed by atoms with van der Waals surface area (Å²) in [5, 5.41) is 0.700. The molecule has 8 heteroatoms. The smallest absolute Gasteiger partial charge is 0.406 e. The van der Waals surface area contributed by atoms with Crippen molar-refractivity contribution in [3.8, 4) is 5.75 Å². The molecule has 0 atom stereocenters. The van der Waals surface area contributed by atoms with E-state index >= 15 is 0 Å². The molecule has 0 spiro atoms. The third-order valence-electron chi connectivity index (χ3n) is 3.16. The average Bonchev–Trinajstić information content (AvgIpc) is 2.91. The summed E-state index contributed by atoms with van der Waals surface area (Å²) in [4.78, 5) is 2.66. The Hall–Kier alpha value is -2.48. The monoisotopic (exact) mass is 341 g/mol. The molecule has 1 N–H and O–H groups in total. The molecule has 0 saturated heterocycles. The van der Waals surface area contributed by atoms with Crippen LogP contribution >= 0.6 is 0 Å². The number of sulfone groups is 1. The minimum absolute atomic E-state index is 0.0248. The van der Waals surface area contributed by atoms with Crippen molar-refractivity contribution in [2.75, 3.05) is 0 Å². The Morgan fingerprint density at radius 1 is 0.957 bits per heavy atom. The standard InChI is InChI=1S/C15H10F3NO3S/c16-15(17,18)22-11-5-7-12(8-6-11)23(20,21)14-9-10-3-1-2-4-13(10)19-14/h1-9,19H. The minimum Gasteiger partial charge on any atom is -0.406 e. The largest absolute Gasteiger partial charge is 0.573 e. The van der Waals surface area contributed by atoms with E-state index in [-0.39, 0.29) is 9.92 Å². The lowest BCUT2D eigenvalue weighted by Gasteiger charge is -2.09. The maximum atomic E-state index is 12.5. The molecule has 1 heterocycles. The number of benzene rings is 2. The van der Waals surface area contributed by atoms with Gasteiger partial charge >= 0.3 is 6.36 Å². The van der Waals surface area contributed by atoms with Crippen molar-refractivity contribution in [2.45, 2.75) is 16.3 Å². The Labute approximate surface area is 129 Å². The van der Waals surface area contributed by atoms with Crippen LogP contribution in [0, 0.1) is 0 Å². The molecule has 4 nitrogen and oxygen atoms in total. The first-order valence-electron chi connectivity index (χ1n) is 6.44. The van der Waals surface area contributed by atoms with Gasteiger partial charge in [0.05, 0.1) is 4.90 Å². The van der Waals surface area contributed by atoms with Crippen molar-refractivity contribution in [2.24, 2.45) is 0 Å². The van der Waals surface area contributed by atoms with Gasteiger partial charge in [0.15, 0.2) is 0 Å². The van der Waals surface area contributed by atoms with E-state index in [4.69, 9.17) is 0 Å². The first kappa shape index (κ1) is 15.4. The zero-order valence-electron chi connectivity index (χ0n) is 11.5. The number of para-hydroxylation sites is 1. The van der Waals surface area contributed by atoms with Gasteiger partial charge in [-0.3, -0.25) is 0 Å². The molecule has 0 bridgehead atoms. The average molecular weight is 341 g/mol. The summed E-state index contributed by atoms with van der Waals surface area (Å²) in [6.45, 7) is 0. The van der Waals surface area contributed by atoms with Crippen molar-refractivity contribution in [1.29, 1.82) is 0 Å². The summed E-state index contributed by atoms with van der Waals surface area (Å²) in [6, 6.07) is 12.6. The van der Waals surface area contributed by atoms with Gasteiger partial charge in [0.2, 0.25) is 9.84 Å². The minimum atomic E-state index is -4.82. The highest BCUT2D eigenvalue weighted by Crippen LogP contribution is 2.27. The molecule has 0 aliphatic rings. The number of aromatic amines is 1. The van der Waals surface area contributed by atoms with E-state index in [2.05, 4.69) is 9.72 Å². The summed E-state index contributed by atoms with van der Waals surface area (Å²) in [5.74, 6) is -0.479. The molecule has 0 aliphatic carbocycles. The number of nitrogens with one attached hydrogen (secondary N) is 1. The van der Waals surface area contributed by atoms with Gasteiger partial charge < -0.3 is 9.72 Å². The number of hydrogen-bond acceptors (Lipinski definition) is 3. The Bertz CT molecular complexity index is 911. The first-order valence-corrected chi connectivity index (χ1v) is 7.93. The van der Waals surface area contributed by atoms with E-state index in [9.17, 15) is 21.6 Å².